The molecule has 0 radical (unpaired) electrons. The van der Waals surface area contributed by atoms with Gasteiger partial charge in [0.15, 0.2) is 0 Å². The lowest BCUT2D eigenvalue weighted by Gasteiger charge is -2.08. The number of H-pyrrole nitrogens is 1. The Labute approximate surface area is 92.3 Å². The van der Waals surface area contributed by atoms with E-state index in [0.717, 1.165) is 16.8 Å². The fraction of sp³-hybridized carbons (Fsp3) is 0.500. The summed E-state index contributed by atoms with van der Waals surface area (Å²) in [6, 6.07) is 2.26. The Balaban J connectivity index is 2.66. The molecular formula is C10H15N3O3. The number of nitrogens with one attached hydrogen (secondary N) is 2. The molecule has 0 aliphatic heterocycles. The first-order chi connectivity index (χ1) is 7.49. The second-order valence-electron chi connectivity index (χ2n) is 3.93. The van der Waals surface area contributed by atoms with Crippen molar-refractivity contribution in [1.29, 1.82) is 0 Å². The standard InChI is InChI=1S/C10H15N3O3/c1-7(2)5-11-9(15)6-13-10(16)4-3-8(14)12-13/h3-4,7H,5-6H2,1-2H3,(H,11,15)(H,12,14). The van der Waals surface area contributed by atoms with Crippen LogP contribution in [0.5, 0.6) is 0 Å². The Kier molecular flexibility index (Phi) is 4.04. The van der Waals surface area contributed by atoms with Gasteiger partial charge in [-0.3, -0.25) is 19.5 Å². The van der Waals surface area contributed by atoms with E-state index in [2.05, 4.69) is 10.4 Å². The zero-order valence-electron chi connectivity index (χ0n) is 9.32. The van der Waals surface area contributed by atoms with Crippen LogP contribution in [-0.4, -0.2) is 22.2 Å². The summed E-state index contributed by atoms with van der Waals surface area (Å²) in [6.45, 7) is 4.32. The minimum Gasteiger partial charge on any atom is -0.354 e. The van der Waals surface area contributed by atoms with E-state index < -0.39 is 11.1 Å². The molecule has 0 atom stereocenters. The summed E-state index contributed by atoms with van der Waals surface area (Å²) in [6.07, 6.45) is 0. The molecule has 16 heavy (non-hydrogen) atoms. The Morgan fingerprint density at radius 3 is 2.75 bits per heavy atom. The molecular weight excluding hydrogens is 210 g/mol. The molecule has 0 saturated carbocycles. The van der Waals surface area contributed by atoms with E-state index in [1.807, 2.05) is 13.8 Å². The first-order valence-electron chi connectivity index (χ1n) is 5.06. The van der Waals surface area contributed by atoms with Crippen molar-refractivity contribution in [2.24, 2.45) is 5.92 Å². The number of carbonyl (C=O) groups excluding carboxylic acids is 1. The molecule has 1 aromatic rings. The maximum Gasteiger partial charge on any atom is 0.265 e. The summed E-state index contributed by atoms with van der Waals surface area (Å²) in [7, 11) is 0. The molecule has 0 bridgehead atoms. The zero-order chi connectivity index (χ0) is 12.1. The fourth-order valence-corrected chi connectivity index (χ4v) is 1.10. The van der Waals surface area contributed by atoms with Crippen molar-refractivity contribution in [3.8, 4) is 0 Å². The second kappa shape index (κ2) is 5.29. The summed E-state index contributed by atoms with van der Waals surface area (Å²) in [5.74, 6) is 0.0492. The van der Waals surface area contributed by atoms with E-state index in [1.165, 1.54) is 0 Å². The van der Waals surface area contributed by atoms with Crippen LogP contribution in [0.15, 0.2) is 21.7 Å². The molecule has 1 aromatic heterocycles. The van der Waals surface area contributed by atoms with Gasteiger partial charge in [0.2, 0.25) is 5.91 Å². The quantitative estimate of drug-likeness (QED) is 0.711. The monoisotopic (exact) mass is 225 g/mol. The molecule has 1 heterocycles. The van der Waals surface area contributed by atoms with Crippen LogP contribution in [0.25, 0.3) is 0 Å². The van der Waals surface area contributed by atoms with Gasteiger partial charge in [-0.1, -0.05) is 13.8 Å². The van der Waals surface area contributed by atoms with Crippen LogP contribution in [-0.2, 0) is 11.3 Å². The van der Waals surface area contributed by atoms with Gasteiger partial charge >= 0.3 is 0 Å². The summed E-state index contributed by atoms with van der Waals surface area (Å²) in [4.78, 5) is 33.6. The summed E-state index contributed by atoms with van der Waals surface area (Å²) in [5.41, 5.74) is -0.810. The molecule has 1 rings (SSSR count). The lowest BCUT2D eigenvalue weighted by Crippen LogP contribution is -2.37. The number of hydrogen-bond donors (Lipinski definition) is 2. The van der Waals surface area contributed by atoms with E-state index in [-0.39, 0.29) is 12.5 Å². The van der Waals surface area contributed by atoms with Crippen molar-refractivity contribution in [3.63, 3.8) is 0 Å². The number of aromatic amines is 1. The van der Waals surface area contributed by atoms with E-state index >= 15 is 0 Å². The zero-order valence-corrected chi connectivity index (χ0v) is 9.32. The van der Waals surface area contributed by atoms with Gasteiger partial charge < -0.3 is 5.32 Å². The summed E-state index contributed by atoms with van der Waals surface area (Å²) >= 11 is 0. The number of nitrogens with zero attached hydrogens (tertiary/aromatic N) is 1. The number of carbonyl (C=O) groups is 1. The number of hydrogen-bond acceptors (Lipinski definition) is 3. The molecule has 0 aliphatic carbocycles. The van der Waals surface area contributed by atoms with Gasteiger partial charge in [-0.25, -0.2) is 4.68 Å². The average Bonchev–Trinajstić information content (AvgIpc) is 2.20. The fourth-order valence-electron chi connectivity index (χ4n) is 1.10. The van der Waals surface area contributed by atoms with Crippen molar-refractivity contribution < 1.29 is 4.79 Å². The molecule has 88 valence electrons. The Morgan fingerprint density at radius 2 is 2.12 bits per heavy atom. The maximum atomic E-state index is 11.4. The van der Waals surface area contributed by atoms with E-state index in [1.54, 1.807) is 0 Å². The normalized spacial score (nSPS) is 10.4. The lowest BCUT2D eigenvalue weighted by atomic mass is 10.2. The topological polar surface area (TPSA) is 84.0 Å². The van der Waals surface area contributed by atoms with Gasteiger partial charge in [-0.05, 0) is 5.92 Å². The van der Waals surface area contributed by atoms with Crippen LogP contribution in [0.1, 0.15) is 13.8 Å². The molecule has 0 aliphatic rings. The smallest absolute Gasteiger partial charge is 0.265 e. The van der Waals surface area contributed by atoms with Gasteiger partial charge in [-0.15, -0.1) is 0 Å². The van der Waals surface area contributed by atoms with Crippen LogP contribution in [0, 0.1) is 5.92 Å². The van der Waals surface area contributed by atoms with Gasteiger partial charge in [0.05, 0.1) is 0 Å². The van der Waals surface area contributed by atoms with Gasteiger partial charge in [0, 0.05) is 18.7 Å². The Morgan fingerprint density at radius 1 is 1.44 bits per heavy atom. The van der Waals surface area contributed by atoms with E-state index in [9.17, 15) is 14.4 Å². The van der Waals surface area contributed by atoms with Gasteiger partial charge in [0.25, 0.3) is 11.1 Å². The Bertz CT molecular complexity index is 473. The molecule has 0 aromatic carbocycles. The highest BCUT2D eigenvalue weighted by atomic mass is 16.2. The van der Waals surface area contributed by atoms with Crippen molar-refractivity contribution in [2.75, 3.05) is 6.54 Å². The molecule has 0 spiro atoms. The average molecular weight is 225 g/mol. The highest BCUT2D eigenvalue weighted by Gasteiger charge is 2.05. The molecule has 6 heteroatoms. The minimum absolute atomic E-state index is 0.165. The predicted molar refractivity (Wildman–Crippen MR) is 59.2 cm³/mol. The number of aromatic nitrogens is 2. The van der Waals surface area contributed by atoms with Crippen LogP contribution in [0.2, 0.25) is 0 Å². The lowest BCUT2D eigenvalue weighted by molar-refractivity contribution is -0.122. The van der Waals surface area contributed by atoms with E-state index in [0.29, 0.717) is 12.5 Å². The SMILES string of the molecule is CC(C)CNC(=O)Cn1[nH]c(=O)ccc1=O. The second-order valence-corrected chi connectivity index (χ2v) is 3.93. The molecule has 1 amide bonds. The molecule has 6 nitrogen and oxygen atoms in total. The third-order valence-electron chi connectivity index (χ3n) is 1.90. The third kappa shape index (κ3) is 3.72. The highest BCUT2D eigenvalue weighted by Crippen LogP contribution is 1.86. The van der Waals surface area contributed by atoms with Crippen LogP contribution >= 0.6 is 0 Å². The van der Waals surface area contributed by atoms with Crippen molar-refractivity contribution >= 4 is 5.91 Å². The molecule has 0 saturated heterocycles. The van der Waals surface area contributed by atoms with Crippen LogP contribution in [0.4, 0.5) is 0 Å². The summed E-state index contributed by atoms with van der Waals surface area (Å²) in [5, 5.41) is 4.94. The largest absolute Gasteiger partial charge is 0.354 e. The Hall–Kier alpha value is -1.85. The van der Waals surface area contributed by atoms with Crippen LogP contribution < -0.4 is 16.4 Å². The molecule has 0 fully saturated rings. The van der Waals surface area contributed by atoms with Crippen molar-refractivity contribution in [3.05, 3.63) is 32.8 Å². The maximum absolute atomic E-state index is 11.4. The van der Waals surface area contributed by atoms with Gasteiger partial charge in [0.1, 0.15) is 6.54 Å². The van der Waals surface area contributed by atoms with Crippen LogP contribution in [0.3, 0.4) is 0 Å². The minimum atomic E-state index is -0.406. The van der Waals surface area contributed by atoms with Gasteiger partial charge in [-0.2, -0.15) is 0 Å². The van der Waals surface area contributed by atoms with E-state index in [4.69, 9.17) is 0 Å². The molecule has 2 N–H and O–H groups in total. The number of rotatable bonds is 4. The first kappa shape index (κ1) is 12.2. The predicted octanol–water partition coefficient (Wildman–Crippen LogP) is -0.691. The van der Waals surface area contributed by atoms with Crippen molar-refractivity contribution in [2.45, 2.75) is 20.4 Å². The third-order valence-corrected chi connectivity index (χ3v) is 1.90. The summed E-state index contributed by atoms with van der Waals surface area (Å²) < 4.78 is 0.984. The first-order valence-corrected chi connectivity index (χ1v) is 5.06. The number of amides is 1. The highest BCUT2D eigenvalue weighted by molar-refractivity contribution is 5.75. The van der Waals surface area contributed by atoms with Crippen molar-refractivity contribution in [1.82, 2.24) is 15.1 Å². The molecule has 0 unspecified atom stereocenters.